The van der Waals surface area contributed by atoms with Gasteiger partial charge in [-0.25, -0.2) is 0 Å². The lowest BCUT2D eigenvalue weighted by Gasteiger charge is -2.41. The molecule has 0 saturated carbocycles. The number of aliphatic hydroxyl groups is 1. The average Bonchev–Trinajstić information content (AvgIpc) is 3.68. The zero-order valence-corrected chi connectivity index (χ0v) is 22.3. The van der Waals surface area contributed by atoms with Gasteiger partial charge in [0.25, 0.3) is 5.91 Å². The van der Waals surface area contributed by atoms with Gasteiger partial charge in [0.1, 0.15) is 18.8 Å². The Kier molecular flexibility index (Phi) is 6.96. The maximum absolute atomic E-state index is 15.7. The third kappa shape index (κ3) is 4.71. The highest BCUT2D eigenvalue weighted by Gasteiger charge is 2.52. The van der Waals surface area contributed by atoms with Crippen LogP contribution in [0, 0.1) is 11.8 Å². The second-order valence-corrected chi connectivity index (χ2v) is 11.0. The number of amides is 1. The van der Waals surface area contributed by atoms with Crippen LogP contribution in [0.3, 0.4) is 0 Å². The summed E-state index contributed by atoms with van der Waals surface area (Å²) in [7, 11) is 0. The zero-order valence-electron chi connectivity index (χ0n) is 22.3. The number of rotatable bonds is 7. The number of ether oxygens (including phenoxy) is 2. The number of hydrogen-bond acceptors (Lipinski definition) is 6. The molecule has 40 heavy (non-hydrogen) atoms. The van der Waals surface area contributed by atoms with Crippen molar-refractivity contribution in [3.63, 3.8) is 0 Å². The van der Waals surface area contributed by atoms with Crippen LogP contribution in [-0.4, -0.2) is 54.3 Å². The first-order valence-corrected chi connectivity index (χ1v) is 13.8. The van der Waals surface area contributed by atoms with Gasteiger partial charge < -0.3 is 25.2 Å². The molecule has 1 fully saturated rings. The van der Waals surface area contributed by atoms with Crippen LogP contribution < -0.4 is 20.1 Å². The number of nitrogens with zero attached hydrogens (tertiary/aromatic N) is 1. The quantitative estimate of drug-likeness (QED) is 0.415. The van der Waals surface area contributed by atoms with E-state index in [9.17, 15) is 9.90 Å². The van der Waals surface area contributed by atoms with Gasteiger partial charge in [-0.1, -0.05) is 24.3 Å². The highest BCUT2D eigenvalue weighted by molar-refractivity contribution is 5.84. The van der Waals surface area contributed by atoms with Crippen molar-refractivity contribution in [2.75, 3.05) is 26.3 Å². The number of hydrogen-bond donors (Lipinski definition) is 3. The van der Waals surface area contributed by atoms with Crippen molar-refractivity contribution in [3.05, 3.63) is 77.5 Å². The summed E-state index contributed by atoms with van der Waals surface area (Å²) < 4.78 is 42.7. The van der Waals surface area contributed by atoms with Gasteiger partial charge in [-0.3, -0.25) is 9.78 Å². The molecular weight excluding hydrogens is 516 g/mol. The van der Waals surface area contributed by atoms with Gasteiger partial charge in [0, 0.05) is 30.1 Å². The number of carbonyl (C=O) groups is 1. The van der Waals surface area contributed by atoms with Gasteiger partial charge in [0.15, 0.2) is 11.5 Å². The highest BCUT2D eigenvalue weighted by Crippen LogP contribution is 2.43. The van der Waals surface area contributed by atoms with E-state index in [0.717, 1.165) is 22.4 Å². The molecule has 0 radical (unpaired) electrons. The Hall–Kier alpha value is -3.56. The summed E-state index contributed by atoms with van der Waals surface area (Å²) in [5.41, 5.74) is 2.15. The molecule has 0 bridgehead atoms. The van der Waals surface area contributed by atoms with E-state index in [2.05, 4.69) is 15.6 Å². The molecule has 2 unspecified atom stereocenters. The molecule has 1 saturated heterocycles. The standard InChI is InChI=1S/C31H33F2N3O4/c1-19(30(38,24-9-11-34-18-24)23-7-8-27-28(17-23)40-13-12-39-27)36-29(37)31(32,33)25-15-20-5-6-21(14-22(20)16-25)26-4-2-3-10-35-26/h2-8,10,14,17,19,24-25,34,38H,9,11-13,15-16,18H2,1H3,(H,36,37)/t19-,24?,25?,30+/m1/s1. The number of nitrogens with one attached hydrogen (secondary N) is 2. The summed E-state index contributed by atoms with van der Waals surface area (Å²) in [6.07, 6.45) is 2.52. The molecule has 3 aromatic rings. The van der Waals surface area contributed by atoms with Crippen LogP contribution in [-0.2, 0) is 23.2 Å². The molecule has 6 rings (SSSR count). The number of alkyl halides is 2. The van der Waals surface area contributed by atoms with Gasteiger partial charge >= 0.3 is 5.92 Å². The van der Waals surface area contributed by atoms with Crippen LogP contribution in [0.2, 0.25) is 0 Å². The van der Waals surface area contributed by atoms with Crippen LogP contribution in [0.1, 0.15) is 30.0 Å². The van der Waals surface area contributed by atoms with Crippen molar-refractivity contribution in [2.24, 2.45) is 11.8 Å². The maximum atomic E-state index is 15.7. The Morgan fingerprint density at radius 3 is 2.60 bits per heavy atom. The molecule has 210 valence electrons. The average molecular weight is 550 g/mol. The molecule has 2 aromatic carbocycles. The van der Waals surface area contributed by atoms with E-state index in [1.807, 2.05) is 36.4 Å². The summed E-state index contributed by atoms with van der Waals surface area (Å²) in [6, 6.07) is 15.4. The molecule has 2 aliphatic heterocycles. The number of pyridine rings is 1. The Bertz CT molecular complexity index is 1400. The normalized spacial score (nSPS) is 22.3. The van der Waals surface area contributed by atoms with E-state index < -0.39 is 29.4 Å². The molecule has 1 aromatic heterocycles. The van der Waals surface area contributed by atoms with Crippen LogP contribution in [0.25, 0.3) is 11.3 Å². The molecule has 3 N–H and O–H groups in total. The number of aromatic nitrogens is 1. The van der Waals surface area contributed by atoms with E-state index in [-0.39, 0.29) is 18.8 Å². The number of carbonyl (C=O) groups excluding carboxylic acids is 1. The van der Waals surface area contributed by atoms with Crippen molar-refractivity contribution < 1.29 is 28.2 Å². The highest BCUT2D eigenvalue weighted by atomic mass is 19.3. The minimum Gasteiger partial charge on any atom is -0.486 e. The second-order valence-electron chi connectivity index (χ2n) is 11.0. The molecule has 9 heteroatoms. The molecule has 0 spiro atoms. The van der Waals surface area contributed by atoms with E-state index >= 15 is 8.78 Å². The summed E-state index contributed by atoms with van der Waals surface area (Å²) >= 11 is 0. The van der Waals surface area contributed by atoms with Crippen LogP contribution in [0.15, 0.2) is 60.8 Å². The maximum Gasteiger partial charge on any atom is 0.327 e. The third-order valence-corrected chi connectivity index (χ3v) is 8.61. The predicted octanol–water partition coefficient (Wildman–Crippen LogP) is 3.87. The Morgan fingerprint density at radius 2 is 1.85 bits per heavy atom. The molecule has 3 heterocycles. The second kappa shape index (κ2) is 10.4. The molecular formula is C31H33F2N3O4. The molecule has 3 aliphatic rings. The summed E-state index contributed by atoms with van der Waals surface area (Å²) in [5.74, 6) is -5.41. The van der Waals surface area contributed by atoms with E-state index in [4.69, 9.17) is 9.47 Å². The minimum absolute atomic E-state index is 0.0871. The zero-order chi connectivity index (χ0) is 27.9. The van der Waals surface area contributed by atoms with Gasteiger partial charge in [-0.2, -0.15) is 8.78 Å². The summed E-state index contributed by atoms with van der Waals surface area (Å²) in [6.45, 7) is 3.59. The van der Waals surface area contributed by atoms with Crippen LogP contribution in [0.5, 0.6) is 11.5 Å². The van der Waals surface area contributed by atoms with E-state index in [1.54, 1.807) is 31.3 Å². The monoisotopic (exact) mass is 549 g/mol. The predicted molar refractivity (Wildman–Crippen MR) is 145 cm³/mol. The first kappa shape index (κ1) is 26.7. The fourth-order valence-electron chi connectivity index (χ4n) is 6.32. The van der Waals surface area contributed by atoms with Crippen LogP contribution >= 0.6 is 0 Å². The Labute approximate surface area is 231 Å². The van der Waals surface area contributed by atoms with Crippen molar-refractivity contribution in [1.82, 2.24) is 15.6 Å². The Morgan fingerprint density at radius 1 is 1.05 bits per heavy atom. The molecule has 1 amide bonds. The largest absolute Gasteiger partial charge is 0.486 e. The first-order valence-electron chi connectivity index (χ1n) is 13.8. The summed E-state index contributed by atoms with van der Waals surface area (Å²) in [5, 5.41) is 17.9. The van der Waals surface area contributed by atoms with Gasteiger partial charge in [-0.15, -0.1) is 0 Å². The molecule has 4 atom stereocenters. The fraction of sp³-hybridized carbons (Fsp3) is 0.419. The van der Waals surface area contributed by atoms with Crippen molar-refractivity contribution in [2.45, 2.75) is 43.8 Å². The fourth-order valence-corrected chi connectivity index (χ4v) is 6.32. The smallest absolute Gasteiger partial charge is 0.327 e. The molecule has 1 aliphatic carbocycles. The van der Waals surface area contributed by atoms with Gasteiger partial charge in [-0.05, 0) is 79.8 Å². The topological polar surface area (TPSA) is 92.7 Å². The lowest BCUT2D eigenvalue weighted by molar-refractivity contribution is -0.157. The third-order valence-electron chi connectivity index (χ3n) is 8.61. The number of benzene rings is 2. The first-order chi connectivity index (χ1) is 19.3. The van der Waals surface area contributed by atoms with Gasteiger partial charge in [0.2, 0.25) is 0 Å². The number of halogens is 2. The van der Waals surface area contributed by atoms with Crippen LogP contribution in [0.4, 0.5) is 8.78 Å². The Balaban J connectivity index is 1.21. The van der Waals surface area contributed by atoms with E-state index in [1.165, 1.54) is 0 Å². The van der Waals surface area contributed by atoms with Crippen molar-refractivity contribution in [3.8, 4) is 22.8 Å². The summed E-state index contributed by atoms with van der Waals surface area (Å²) in [4.78, 5) is 17.5. The van der Waals surface area contributed by atoms with E-state index in [0.29, 0.717) is 49.8 Å². The van der Waals surface area contributed by atoms with Crippen molar-refractivity contribution >= 4 is 5.91 Å². The lowest BCUT2D eigenvalue weighted by atomic mass is 9.75. The van der Waals surface area contributed by atoms with Gasteiger partial charge in [0.05, 0.1) is 11.7 Å². The minimum atomic E-state index is -3.62. The van der Waals surface area contributed by atoms with Crippen molar-refractivity contribution in [1.29, 1.82) is 0 Å². The molecule has 7 nitrogen and oxygen atoms in total. The number of fused-ring (bicyclic) bond motifs is 2. The lowest BCUT2D eigenvalue weighted by Crippen LogP contribution is -2.57. The SMILES string of the molecule is C[C@@H](NC(=O)C(F)(F)C1Cc2ccc(-c3ccccn3)cc2C1)[C@](O)(c1ccc2c(c1)OCCO2)C1CCNC1.